The monoisotopic (exact) mass is 306 g/mol. The molecule has 0 saturated heterocycles. The average molecular weight is 306 g/mol. The van der Waals surface area contributed by atoms with Crippen LogP contribution < -0.4 is 5.32 Å². The molecule has 23 heavy (non-hydrogen) atoms. The van der Waals surface area contributed by atoms with E-state index in [0.29, 0.717) is 13.0 Å². The van der Waals surface area contributed by atoms with E-state index in [0.717, 1.165) is 16.8 Å². The number of carbonyl (C=O) groups is 1. The van der Waals surface area contributed by atoms with Crippen LogP contribution in [-0.4, -0.2) is 10.9 Å². The van der Waals surface area contributed by atoms with Gasteiger partial charge in [-0.25, -0.2) is 0 Å². The van der Waals surface area contributed by atoms with Crippen LogP contribution in [0.15, 0.2) is 54.6 Å². The van der Waals surface area contributed by atoms with Crippen LogP contribution in [0.1, 0.15) is 36.1 Å². The highest BCUT2D eigenvalue weighted by atomic mass is 16.1. The van der Waals surface area contributed by atoms with Gasteiger partial charge in [0, 0.05) is 24.2 Å². The average Bonchev–Trinajstić information content (AvgIpc) is 2.93. The van der Waals surface area contributed by atoms with E-state index in [4.69, 9.17) is 0 Å². The van der Waals surface area contributed by atoms with Crippen LogP contribution in [0, 0.1) is 6.92 Å². The van der Waals surface area contributed by atoms with Gasteiger partial charge in [0.15, 0.2) is 0 Å². The molecule has 3 heteroatoms. The second kappa shape index (κ2) is 6.69. The normalized spacial score (nSPS) is 12.3. The molecule has 1 amide bonds. The first kappa shape index (κ1) is 15.3. The lowest BCUT2D eigenvalue weighted by molar-refractivity contribution is -0.121. The molecule has 0 fully saturated rings. The molecular formula is C20H22N2O. The summed E-state index contributed by atoms with van der Waals surface area (Å²) in [7, 11) is 0. The summed E-state index contributed by atoms with van der Waals surface area (Å²) in [5, 5.41) is 4.21. The summed E-state index contributed by atoms with van der Waals surface area (Å²) in [6.07, 6.45) is 0.509. The van der Waals surface area contributed by atoms with Crippen molar-refractivity contribution in [3.63, 3.8) is 0 Å². The van der Waals surface area contributed by atoms with Gasteiger partial charge in [-0.1, -0.05) is 43.3 Å². The summed E-state index contributed by atoms with van der Waals surface area (Å²) in [4.78, 5) is 15.5. The highest BCUT2D eigenvalue weighted by Crippen LogP contribution is 2.19. The molecule has 0 bridgehead atoms. The first-order chi connectivity index (χ1) is 11.1. The number of carbonyl (C=O) groups excluding carboxylic acids is 1. The number of benzene rings is 2. The Morgan fingerprint density at radius 3 is 2.70 bits per heavy atom. The maximum atomic E-state index is 12.2. The second-order valence-electron chi connectivity index (χ2n) is 6.17. The zero-order valence-electron chi connectivity index (χ0n) is 13.6. The van der Waals surface area contributed by atoms with Gasteiger partial charge in [0.05, 0.1) is 0 Å². The number of nitrogens with one attached hydrogen (secondary N) is 2. The molecule has 2 aromatic carbocycles. The molecule has 1 atom stereocenters. The molecule has 3 aromatic rings. The van der Waals surface area contributed by atoms with Crippen molar-refractivity contribution in [3.05, 3.63) is 71.4 Å². The van der Waals surface area contributed by atoms with Gasteiger partial charge in [-0.2, -0.15) is 0 Å². The van der Waals surface area contributed by atoms with Crippen molar-refractivity contribution < 1.29 is 4.79 Å². The Bertz CT molecular complexity index is 805. The summed E-state index contributed by atoms with van der Waals surface area (Å²) >= 11 is 0. The number of fused-ring (bicyclic) bond motifs is 1. The molecular weight excluding hydrogens is 284 g/mol. The van der Waals surface area contributed by atoms with Crippen molar-refractivity contribution in [2.24, 2.45) is 0 Å². The Kier molecular flexibility index (Phi) is 4.47. The first-order valence-corrected chi connectivity index (χ1v) is 8.02. The molecule has 1 unspecified atom stereocenters. The van der Waals surface area contributed by atoms with E-state index < -0.39 is 0 Å². The predicted octanol–water partition coefficient (Wildman–Crippen LogP) is 4.29. The Hall–Kier alpha value is -2.55. The largest absolute Gasteiger partial charge is 0.359 e. The van der Waals surface area contributed by atoms with E-state index in [1.807, 2.05) is 25.1 Å². The lowest BCUT2D eigenvalue weighted by atomic mass is 9.97. The maximum Gasteiger partial charge on any atom is 0.220 e. The fourth-order valence-electron chi connectivity index (χ4n) is 2.89. The molecule has 2 N–H and O–H groups in total. The van der Waals surface area contributed by atoms with E-state index in [1.54, 1.807) is 0 Å². The second-order valence-corrected chi connectivity index (χ2v) is 6.17. The molecule has 1 aromatic heterocycles. The quantitative estimate of drug-likeness (QED) is 0.726. The smallest absolute Gasteiger partial charge is 0.220 e. The number of H-pyrrole nitrogens is 1. The van der Waals surface area contributed by atoms with Gasteiger partial charge in [0.1, 0.15) is 0 Å². The van der Waals surface area contributed by atoms with Crippen LogP contribution in [0.2, 0.25) is 0 Å². The summed E-state index contributed by atoms with van der Waals surface area (Å²) in [6, 6.07) is 18.5. The van der Waals surface area contributed by atoms with Crippen molar-refractivity contribution in [1.29, 1.82) is 0 Å². The molecule has 0 aliphatic carbocycles. The third-order valence-corrected chi connectivity index (χ3v) is 4.17. The van der Waals surface area contributed by atoms with Crippen LogP contribution in [0.25, 0.3) is 10.9 Å². The lowest BCUT2D eigenvalue weighted by Gasteiger charge is -2.12. The van der Waals surface area contributed by atoms with E-state index >= 15 is 0 Å². The van der Waals surface area contributed by atoms with Crippen LogP contribution in [-0.2, 0) is 11.3 Å². The zero-order valence-corrected chi connectivity index (χ0v) is 13.6. The van der Waals surface area contributed by atoms with Crippen molar-refractivity contribution in [2.45, 2.75) is 32.7 Å². The molecule has 1 heterocycles. The van der Waals surface area contributed by atoms with Crippen LogP contribution in [0.4, 0.5) is 0 Å². The van der Waals surface area contributed by atoms with Gasteiger partial charge in [0.25, 0.3) is 0 Å². The van der Waals surface area contributed by atoms with Crippen molar-refractivity contribution in [1.82, 2.24) is 10.3 Å². The molecule has 3 nitrogen and oxygen atoms in total. The minimum atomic E-state index is 0.0895. The fourth-order valence-corrected chi connectivity index (χ4v) is 2.89. The minimum absolute atomic E-state index is 0.0895. The minimum Gasteiger partial charge on any atom is -0.359 e. The first-order valence-electron chi connectivity index (χ1n) is 8.02. The van der Waals surface area contributed by atoms with E-state index in [-0.39, 0.29) is 11.8 Å². The lowest BCUT2D eigenvalue weighted by Crippen LogP contribution is -2.24. The third kappa shape index (κ3) is 3.81. The van der Waals surface area contributed by atoms with Crippen LogP contribution in [0.5, 0.6) is 0 Å². The van der Waals surface area contributed by atoms with E-state index in [1.165, 1.54) is 10.9 Å². The number of hydrogen-bond acceptors (Lipinski definition) is 1. The number of hydrogen-bond donors (Lipinski definition) is 2. The van der Waals surface area contributed by atoms with Crippen LogP contribution in [0.3, 0.4) is 0 Å². The summed E-state index contributed by atoms with van der Waals surface area (Å²) in [5.74, 6) is 0.317. The molecule has 118 valence electrons. The van der Waals surface area contributed by atoms with Crippen molar-refractivity contribution in [3.8, 4) is 0 Å². The van der Waals surface area contributed by atoms with E-state index in [2.05, 4.69) is 53.6 Å². The number of aromatic amines is 1. The summed E-state index contributed by atoms with van der Waals surface area (Å²) in [5.41, 5.74) is 4.61. The maximum absolute atomic E-state index is 12.2. The van der Waals surface area contributed by atoms with E-state index in [9.17, 15) is 4.79 Å². The number of rotatable bonds is 5. The Labute approximate surface area is 136 Å². The molecule has 3 rings (SSSR count). The Morgan fingerprint density at radius 1 is 1.13 bits per heavy atom. The van der Waals surface area contributed by atoms with Gasteiger partial charge in [-0.15, -0.1) is 0 Å². The van der Waals surface area contributed by atoms with Gasteiger partial charge < -0.3 is 10.3 Å². The molecule has 0 spiro atoms. The van der Waals surface area contributed by atoms with Crippen molar-refractivity contribution in [2.75, 3.05) is 0 Å². The highest BCUT2D eigenvalue weighted by Gasteiger charge is 2.10. The fraction of sp³-hybridized carbons (Fsp3) is 0.250. The predicted molar refractivity (Wildman–Crippen MR) is 94.4 cm³/mol. The highest BCUT2D eigenvalue weighted by molar-refractivity contribution is 5.81. The van der Waals surface area contributed by atoms with Gasteiger partial charge in [-0.3, -0.25) is 4.79 Å². The van der Waals surface area contributed by atoms with Crippen molar-refractivity contribution >= 4 is 16.8 Å². The standard InChI is InChI=1S/C20H22N2O/c1-14(17-6-4-3-5-7-17)10-20(23)21-13-16-8-9-19-18(12-16)11-15(2)22-19/h3-9,11-12,14,22H,10,13H2,1-2H3,(H,21,23). The third-order valence-electron chi connectivity index (χ3n) is 4.17. The summed E-state index contributed by atoms with van der Waals surface area (Å²) in [6.45, 7) is 4.70. The van der Waals surface area contributed by atoms with Gasteiger partial charge in [-0.05, 0) is 47.6 Å². The molecule has 0 aliphatic heterocycles. The molecule has 0 radical (unpaired) electrons. The number of amides is 1. The SMILES string of the molecule is Cc1cc2cc(CNC(=O)CC(C)c3ccccc3)ccc2[nH]1. The topological polar surface area (TPSA) is 44.9 Å². The molecule has 0 aliphatic rings. The Balaban J connectivity index is 1.57. The zero-order chi connectivity index (χ0) is 16.2. The van der Waals surface area contributed by atoms with Gasteiger partial charge >= 0.3 is 0 Å². The molecule has 0 saturated carbocycles. The van der Waals surface area contributed by atoms with Gasteiger partial charge in [0.2, 0.25) is 5.91 Å². The summed E-state index contributed by atoms with van der Waals surface area (Å²) < 4.78 is 0. The van der Waals surface area contributed by atoms with Crippen LogP contribution >= 0.6 is 0 Å². The Morgan fingerprint density at radius 2 is 1.91 bits per heavy atom. The number of aromatic nitrogens is 1. The number of aryl methyl sites for hydroxylation is 1.